The summed E-state index contributed by atoms with van der Waals surface area (Å²) in [6, 6.07) is 2.70. The average Bonchev–Trinajstić information content (AvgIpc) is 2.32. The lowest BCUT2D eigenvalue weighted by Crippen LogP contribution is -2.59. The molecule has 1 fully saturated rings. The van der Waals surface area contributed by atoms with Gasteiger partial charge in [-0.3, -0.25) is 4.79 Å². The Kier molecular flexibility index (Phi) is 3.87. The number of ether oxygens (including phenoxy) is 1. The van der Waals surface area contributed by atoms with Crippen LogP contribution in [0.3, 0.4) is 0 Å². The van der Waals surface area contributed by atoms with Crippen molar-refractivity contribution in [2.75, 3.05) is 6.61 Å². The van der Waals surface area contributed by atoms with Crippen LogP contribution in [0.5, 0.6) is 5.75 Å². The largest absolute Gasteiger partial charge is 0.481 e. The van der Waals surface area contributed by atoms with Crippen LogP contribution < -0.4 is 10.1 Å². The number of rotatable bonds is 5. The van der Waals surface area contributed by atoms with Gasteiger partial charge in [0.25, 0.3) is 5.91 Å². The van der Waals surface area contributed by atoms with Gasteiger partial charge in [0.15, 0.2) is 18.2 Å². The highest BCUT2D eigenvalue weighted by molar-refractivity contribution is 5.88. The summed E-state index contributed by atoms with van der Waals surface area (Å²) in [5.41, 5.74) is -1.23. The zero-order chi connectivity index (χ0) is 14.8. The summed E-state index contributed by atoms with van der Waals surface area (Å²) in [4.78, 5) is 22.7. The van der Waals surface area contributed by atoms with Crippen LogP contribution in [0.1, 0.15) is 19.3 Å². The topological polar surface area (TPSA) is 75.6 Å². The first-order valence-electron chi connectivity index (χ1n) is 6.05. The van der Waals surface area contributed by atoms with Crippen molar-refractivity contribution in [3.63, 3.8) is 0 Å². The fourth-order valence-electron chi connectivity index (χ4n) is 1.96. The molecule has 2 N–H and O–H groups in total. The summed E-state index contributed by atoms with van der Waals surface area (Å²) < 4.78 is 30.8. The van der Waals surface area contributed by atoms with Crippen molar-refractivity contribution in [3.05, 3.63) is 29.8 Å². The Morgan fingerprint density at radius 1 is 1.35 bits per heavy atom. The van der Waals surface area contributed by atoms with Gasteiger partial charge in [0.1, 0.15) is 11.4 Å². The maximum absolute atomic E-state index is 13.3. The molecule has 0 saturated heterocycles. The molecule has 1 aliphatic carbocycles. The van der Waals surface area contributed by atoms with Crippen LogP contribution in [0.25, 0.3) is 0 Å². The molecule has 0 radical (unpaired) electrons. The second kappa shape index (κ2) is 5.44. The van der Waals surface area contributed by atoms with E-state index >= 15 is 0 Å². The minimum absolute atomic E-state index is 0.264. The van der Waals surface area contributed by atoms with Crippen molar-refractivity contribution in [2.45, 2.75) is 24.8 Å². The smallest absolute Gasteiger partial charge is 0.329 e. The molecule has 1 amide bonds. The fraction of sp³-hybridized carbons (Fsp3) is 0.385. The second-order valence-electron chi connectivity index (χ2n) is 4.65. The number of halogens is 2. The molecule has 0 spiro atoms. The van der Waals surface area contributed by atoms with Crippen LogP contribution >= 0.6 is 0 Å². The highest BCUT2D eigenvalue weighted by atomic mass is 19.1. The lowest BCUT2D eigenvalue weighted by molar-refractivity contribution is -0.152. The first-order valence-corrected chi connectivity index (χ1v) is 6.05. The van der Waals surface area contributed by atoms with E-state index in [4.69, 9.17) is 9.84 Å². The molecule has 1 aliphatic rings. The molecule has 5 nitrogen and oxygen atoms in total. The fourth-order valence-corrected chi connectivity index (χ4v) is 1.96. The molecule has 0 aliphatic heterocycles. The van der Waals surface area contributed by atoms with Gasteiger partial charge in [0.05, 0.1) is 0 Å². The van der Waals surface area contributed by atoms with Gasteiger partial charge in [0.2, 0.25) is 0 Å². The molecule has 0 atom stereocenters. The van der Waals surface area contributed by atoms with Crippen molar-refractivity contribution in [1.82, 2.24) is 5.32 Å². The van der Waals surface area contributed by atoms with Crippen molar-refractivity contribution < 1.29 is 28.2 Å². The van der Waals surface area contributed by atoms with Crippen LogP contribution in [-0.2, 0) is 9.59 Å². The Morgan fingerprint density at radius 3 is 2.55 bits per heavy atom. The lowest BCUT2D eigenvalue weighted by atomic mass is 9.77. The molecule has 2 rings (SSSR count). The van der Waals surface area contributed by atoms with Gasteiger partial charge in [-0.05, 0) is 31.4 Å². The third-order valence-electron chi connectivity index (χ3n) is 3.25. The maximum Gasteiger partial charge on any atom is 0.329 e. The number of carboxylic acid groups (broad SMARTS) is 1. The molecule has 0 bridgehead atoms. The van der Waals surface area contributed by atoms with Crippen molar-refractivity contribution >= 4 is 11.9 Å². The first kappa shape index (κ1) is 14.2. The molecule has 20 heavy (non-hydrogen) atoms. The highest BCUT2D eigenvalue weighted by Crippen LogP contribution is 2.31. The van der Waals surface area contributed by atoms with Gasteiger partial charge in [-0.1, -0.05) is 0 Å². The van der Waals surface area contributed by atoms with E-state index in [1.807, 2.05) is 0 Å². The second-order valence-corrected chi connectivity index (χ2v) is 4.65. The molecule has 7 heteroatoms. The quantitative estimate of drug-likeness (QED) is 0.859. The number of carbonyl (C=O) groups is 2. The van der Waals surface area contributed by atoms with Gasteiger partial charge in [-0.25, -0.2) is 13.6 Å². The normalized spacial score (nSPS) is 16.1. The molecular weight excluding hydrogens is 272 g/mol. The van der Waals surface area contributed by atoms with Crippen LogP contribution in [0.2, 0.25) is 0 Å². The van der Waals surface area contributed by atoms with Crippen LogP contribution in [0.4, 0.5) is 8.78 Å². The van der Waals surface area contributed by atoms with E-state index in [9.17, 15) is 18.4 Å². The first-order chi connectivity index (χ1) is 9.43. The van der Waals surface area contributed by atoms with Crippen molar-refractivity contribution in [2.24, 2.45) is 0 Å². The molecule has 1 saturated carbocycles. The maximum atomic E-state index is 13.3. The third kappa shape index (κ3) is 2.87. The Labute approximate surface area is 113 Å². The zero-order valence-corrected chi connectivity index (χ0v) is 10.5. The van der Waals surface area contributed by atoms with E-state index in [1.54, 1.807) is 0 Å². The van der Waals surface area contributed by atoms with Crippen molar-refractivity contribution in [1.29, 1.82) is 0 Å². The predicted molar refractivity (Wildman–Crippen MR) is 64.2 cm³/mol. The van der Waals surface area contributed by atoms with Crippen LogP contribution in [0.15, 0.2) is 18.2 Å². The minimum Gasteiger partial charge on any atom is -0.481 e. The zero-order valence-electron chi connectivity index (χ0n) is 10.5. The van der Waals surface area contributed by atoms with Gasteiger partial charge >= 0.3 is 5.97 Å². The summed E-state index contributed by atoms with van der Waals surface area (Å²) in [6.07, 6.45) is 1.44. The van der Waals surface area contributed by atoms with E-state index in [1.165, 1.54) is 0 Å². The molecule has 108 valence electrons. The Hall–Kier alpha value is -2.18. The molecule has 0 unspecified atom stereocenters. The SMILES string of the molecule is O=C(COc1ccc(F)cc1F)NC1(C(=O)O)CCC1. The minimum atomic E-state index is -1.23. The standard InChI is InChI=1S/C13H13F2NO4/c14-8-2-3-10(9(15)6-8)20-7-11(17)16-13(12(18)19)4-1-5-13/h2-3,6H,1,4-5,7H2,(H,16,17)(H,18,19). The van der Waals surface area contributed by atoms with E-state index in [-0.39, 0.29) is 5.75 Å². The highest BCUT2D eigenvalue weighted by Gasteiger charge is 2.45. The van der Waals surface area contributed by atoms with Crippen LogP contribution in [0, 0.1) is 11.6 Å². The molecular formula is C13H13F2NO4. The van der Waals surface area contributed by atoms with Gasteiger partial charge in [-0.15, -0.1) is 0 Å². The molecule has 1 aromatic carbocycles. The Balaban J connectivity index is 1.91. The van der Waals surface area contributed by atoms with E-state index in [0.717, 1.165) is 18.6 Å². The third-order valence-corrected chi connectivity index (χ3v) is 3.25. The van der Waals surface area contributed by atoms with Crippen LogP contribution in [-0.4, -0.2) is 29.1 Å². The number of hydrogen-bond acceptors (Lipinski definition) is 3. The summed E-state index contributed by atoms with van der Waals surface area (Å²) in [5, 5.41) is 11.4. The van der Waals surface area contributed by atoms with Gasteiger partial charge in [0, 0.05) is 6.07 Å². The van der Waals surface area contributed by atoms with Gasteiger partial charge < -0.3 is 15.2 Å². The number of benzene rings is 1. The number of carbonyl (C=O) groups excluding carboxylic acids is 1. The Morgan fingerprint density at radius 2 is 2.05 bits per heavy atom. The van der Waals surface area contributed by atoms with Gasteiger partial charge in [-0.2, -0.15) is 0 Å². The van der Waals surface area contributed by atoms with E-state index in [0.29, 0.717) is 18.9 Å². The lowest BCUT2D eigenvalue weighted by Gasteiger charge is -2.38. The number of hydrogen-bond donors (Lipinski definition) is 2. The number of carboxylic acids is 1. The van der Waals surface area contributed by atoms with E-state index in [2.05, 4.69) is 5.32 Å². The number of nitrogens with one attached hydrogen (secondary N) is 1. The summed E-state index contributed by atoms with van der Waals surface area (Å²) >= 11 is 0. The van der Waals surface area contributed by atoms with Crippen molar-refractivity contribution in [3.8, 4) is 5.75 Å². The van der Waals surface area contributed by atoms with E-state index < -0.39 is 35.7 Å². The molecule has 0 heterocycles. The number of aliphatic carboxylic acids is 1. The number of amides is 1. The average molecular weight is 285 g/mol. The molecule has 1 aromatic rings. The summed E-state index contributed by atoms with van der Waals surface area (Å²) in [7, 11) is 0. The molecule has 0 aromatic heterocycles. The predicted octanol–water partition coefficient (Wildman–Crippen LogP) is 1.47. The summed E-state index contributed by atoms with van der Waals surface area (Å²) in [5.74, 6) is -3.69. The summed E-state index contributed by atoms with van der Waals surface area (Å²) in [6.45, 7) is -0.530. The monoisotopic (exact) mass is 285 g/mol. The Bertz CT molecular complexity index is 543.